The van der Waals surface area contributed by atoms with Gasteiger partial charge in [-0.1, -0.05) is 12.8 Å². The van der Waals surface area contributed by atoms with Gasteiger partial charge in [-0.3, -0.25) is 4.79 Å². The molecular formula is C11H18N2O4. The van der Waals surface area contributed by atoms with Gasteiger partial charge in [-0.05, 0) is 19.8 Å². The van der Waals surface area contributed by atoms with E-state index in [1.54, 1.807) is 0 Å². The molecule has 1 saturated heterocycles. The van der Waals surface area contributed by atoms with Crippen molar-refractivity contribution in [3.8, 4) is 0 Å². The van der Waals surface area contributed by atoms with Crippen LogP contribution in [0.25, 0.3) is 0 Å². The number of aliphatic hydroxyl groups excluding tert-OH is 1. The summed E-state index contributed by atoms with van der Waals surface area (Å²) in [5.41, 5.74) is -0.252. The lowest BCUT2D eigenvalue weighted by molar-refractivity contribution is -0.183. The monoisotopic (exact) mass is 242 g/mol. The van der Waals surface area contributed by atoms with Crippen molar-refractivity contribution < 1.29 is 19.5 Å². The Bertz CT molecular complexity index is 338. The second-order valence-electron chi connectivity index (χ2n) is 5.10. The van der Waals surface area contributed by atoms with E-state index in [9.17, 15) is 14.7 Å². The van der Waals surface area contributed by atoms with E-state index in [1.807, 2.05) is 6.92 Å². The van der Waals surface area contributed by atoms with Gasteiger partial charge >= 0.3 is 5.97 Å². The van der Waals surface area contributed by atoms with Gasteiger partial charge in [0, 0.05) is 12.6 Å². The predicted molar refractivity (Wildman–Crippen MR) is 58.4 cm³/mol. The van der Waals surface area contributed by atoms with Crippen LogP contribution < -0.4 is 5.32 Å². The zero-order valence-electron chi connectivity index (χ0n) is 10.1. The van der Waals surface area contributed by atoms with E-state index in [2.05, 4.69) is 10.2 Å². The molecule has 6 nitrogen and oxygen atoms in total. The molecule has 17 heavy (non-hydrogen) atoms. The van der Waals surface area contributed by atoms with E-state index >= 15 is 0 Å². The molecule has 0 spiro atoms. The van der Waals surface area contributed by atoms with Gasteiger partial charge in [0.15, 0.2) is 12.1 Å². The number of hydrogen-bond donors (Lipinski definition) is 2. The highest BCUT2D eigenvalue weighted by molar-refractivity contribution is 5.99. The van der Waals surface area contributed by atoms with Crippen LogP contribution in [-0.2, 0) is 14.4 Å². The summed E-state index contributed by atoms with van der Waals surface area (Å²) in [5.74, 6) is -2.28. The number of carbonyl (C=O) groups excluding carboxylic acids is 2. The molecule has 0 bridgehead atoms. The van der Waals surface area contributed by atoms with Crippen LogP contribution in [-0.4, -0.2) is 40.9 Å². The minimum atomic E-state index is -1.20. The van der Waals surface area contributed by atoms with Crippen molar-refractivity contribution in [2.24, 2.45) is 5.92 Å². The summed E-state index contributed by atoms with van der Waals surface area (Å²) >= 11 is 0. The lowest BCUT2D eigenvalue weighted by Gasteiger charge is -2.26. The van der Waals surface area contributed by atoms with Crippen molar-refractivity contribution in [3.05, 3.63) is 0 Å². The first-order valence-electron chi connectivity index (χ1n) is 5.88. The third-order valence-electron chi connectivity index (χ3n) is 3.57. The van der Waals surface area contributed by atoms with E-state index in [0.717, 1.165) is 30.7 Å². The molecule has 1 aliphatic heterocycles. The number of nitrogens with one attached hydrogen (secondary N) is 1. The number of aliphatic hydroxyl groups is 1. The molecule has 1 aliphatic carbocycles. The highest BCUT2D eigenvalue weighted by atomic mass is 16.7. The second-order valence-corrected chi connectivity index (χ2v) is 5.10. The Balaban J connectivity index is 2.02. The van der Waals surface area contributed by atoms with Crippen molar-refractivity contribution in [2.45, 2.75) is 44.4 Å². The van der Waals surface area contributed by atoms with Crippen LogP contribution >= 0.6 is 0 Å². The molecule has 1 heterocycles. The zero-order chi connectivity index (χ0) is 12.6. The Morgan fingerprint density at radius 1 is 1.53 bits per heavy atom. The molecule has 6 heteroatoms. The van der Waals surface area contributed by atoms with Crippen LogP contribution in [0.1, 0.15) is 32.6 Å². The minimum Gasteiger partial charge on any atom is -0.374 e. The molecule has 0 aromatic carbocycles. The van der Waals surface area contributed by atoms with Crippen LogP contribution in [0.5, 0.6) is 0 Å². The van der Waals surface area contributed by atoms with Crippen molar-refractivity contribution in [1.82, 2.24) is 10.4 Å². The number of rotatable bonds is 2. The molecule has 2 unspecified atom stereocenters. The van der Waals surface area contributed by atoms with E-state index in [4.69, 9.17) is 0 Å². The first-order valence-corrected chi connectivity index (χ1v) is 5.88. The summed E-state index contributed by atoms with van der Waals surface area (Å²) in [4.78, 5) is 28.1. The SMILES string of the molecule is CN1OC(=O)C(C(=O)NC2(C)CCCC2)C1O. The normalized spacial score (nSPS) is 32.5. The fourth-order valence-electron chi connectivity index (χ4n) is 2.48. The molecule has 2 N–H and O–H groups in total. The second kappa shape index (κ2) is 4.27. The number of hydroxylamine groups is 2. The number of carbonyl (C=O) groups is 2. The third-order valence-corrected chi connectivity index (χ3v) is 3.57. The van der Waals surface area contributed by atoms with Crippen LogP contribution in [0.3, 0.4) is 0 Å². The Hall–Kier alpha value is -1.14. The Morgan fingerprint density at radius 3 is 2.59 bits per heavy atom. The van der Waals surface area contributed by atoms with Crippen LogP contribution in [0.2, 0.25) is 0 Å². The minimum absolute atomic E-state index is 0.252. The van der Waals surface area contributed by atoms with E-state index in [1.165, 1.54) is 7.05 Å². The van der Waals surface area contributed by atoms with Crippen LogP contribution in [0.4, 0.5) is 0 Å². The summed E-state index contributed by atoms with van der Waals surface area (Å²) in [6.07, 6.45) is 2.77. The van der Waals surface area contributed by atoms with Crippen molar-refractivity contribution >= 4 is 11.9 Å². The summed E-state index contributed by atoms with van der Waals surface area (Å²) in [5, 5.41) is 13.5. The molecular weight excluding hydrogens is 224 g/mol. The van der Waals surface area contributed by atoms with Gasteiger partial charge in [-0.25, -0.2) is 4.79 Å². The smallest absolute Gasteiger partial charge is 0.341 e. The zero-order valence-corrected chi connectivity index (χ0v) is 10.1. The van der Waals surface area contributed by atoms with Gasteiger partial charge in [0.1, 0.15) is 0 Å². The molecule has 0 aromatic rings. The Kier molecular flexibility index (Phi) is 3.09. The quantitative estimate of drug-likeness (QED) is 0.654. The highest BCUT2D eigenvalue weighted by Gasteiger charge is 2.47. The van der Waals surface area contributed by atoms with Crippen LogP contribution in [0, 0.1) is 5.92 Å². The fraction of sp³-hybridized carbons (Fsp3) is 0.818. The lowest BCUT2D eigenvalue weighted by Crippen LogP contribution is -2.50. The van der Waals surface area contributed by atoms with E-state index < -0.39 is 24.0 Å². The van der Waals surface area contributed by atoms with Crippen molar-refractivity contribution in [2.75, 3.05) is 7.05 Å². The highest BCUT2D eigenvalue weighted by Crippen LogP contribution is 2.30. The van der Waals surface area contributed by atoms with E-state index in [-0.39, 0.29) is 5.54 Å². The maximum atomic E-state index is 12.0. The molecule has 2 rings (SSSR count). The lowest BCUT2D eigenvalue weighted by atomic mass is 9.98. The first-order chi connectivity index (χ1) is 7.93. The summed E-state index contributed by atoms with van der Waals surface area (Å²) in [6, 6.07) is 0. The Labute approximate surface area is 99.9 Å². The average Bonchev–Trinajstić information content (AvgIpc) is 2.73. The molecule has 2 atom stereocenters. The van der Waals surface area contributed by atoms with Crippen molar-refractivity contribution in [3.63, 3.8) is 0 Å². The Morgan fingerprint density at radius 2 is 2.12 bits per heavy atom. The number of amides is 1. The van der Waals surface area contributed by atoms with Gasteiger partial charge in [0.25, 0.3) is 0 Å². The van der Waals surface area contributed by atoms with Gasteiger partial charge in [0.2, 0.25) is 5.91 Å². The van der Waals surface area contributed by atoms with Crippen LogP contribution in [0.15, 0.2) is 0 Å². The molecule has 96 valence electrons. The molecule has 1 amide bonds. The van der Waals surface area contributed by atoms with Gasteiger partial charge in [-0.2, -0.15) is 0 Å². The first kappa shape index (κ1) is 12.3. The maximum Gasteiger partial charge on any atom is 0.341 e. The molecule has 1 saturated carbocycles. The average molecular weight is 242 g/mol. The van der Waals surface area contributed by atoms with Gasteiger partial charge in [-0.15, -0.1) is 5.06 Å². The molecule has 0 aromatic heterocycles. The van der Waals surface area contributed by atoms with Gasteiger partial charge in [0.05, 0.1) is 0 Å². The van der Waals surface area contributed by atoms with E-state index in [0.29, 0.717) is 0 Å². The van der Waals surface area contributed by atoms with Crippen molar-refractivity contribution in [1.29, 1.82) is 0 Å². The maximum absolute atomic E-state index is 12.0. The molecule has 2 aliphatic rings. The molecule has 0 radical (unpaired) electrons. The topological polar surface area (TPSA) is 78.9 Å². The summed E-state index contributed by atoms with van der Waals surface area (Å²) in [7, 11) is 1.42. The largest absolute Gasteiger partial charge is 0.374 e. The summed E-state index contributed by atoms with van der Waals surface area (Å²) < 4.78 is 0. The van der Waals surface area contributed by atoms with Gasteiger partial charge < -0.3 is 15.3 Å². The third kappa shape index (κ3) is 2.28. The fourth-order valence-corrected chi connectivity index (χ4v) is 2.48. The summed E-state index contributed by atoms with van der Waals surface area (Å²) in [6.45, 7) is 1.97. The standard InChI is InChI=1S/C11H18N2O4/c1-11(5-3-4-6-11)12-8(14)7-9(15)13(2)17-10(7)16/h7,9,15H,3-6H2,1-2H3,(H,12,14). The molecule has 2 fully saturated rings. The number of hydrogen-bond acceptors (Lipinski definition) is 5. The predicted octanol–water partition coefficient (Wildman–Crippen LogP) is -0.227. The number of nitrogens with zero attached hydrogens (tertiary/aromatic N) is 1.